The lowest BCUT2D eigenvalue weighted by molar-refractivity contribution is -0.149. The zero-order valence-corrected chi connectivity index (χ0v) is 14.9. The van der Waals surface area contributed by atoms with E-state index < -0.39 is 61.8 Å². The van der Waals surface area contributed by atoms with Gasteiger partial charge in [-0.25, -0.2) is 18.0 Å². The van der Waals surface area contributed by atoms with E-state index in [0.29, 0.717) is 0 Å². The quantitative estimate of drug-likeness (QED) is 0.532. The monoisotopic (exact) mass is 363 g/mol. The van der Waals surface area contributed by atoms with Crippen molar-refractivity contribution in [3.05, 3.63) is 0 Å². The van der Waals surface area contributed by atoms with Crippen LogP contribution >= 0.6 is 0 Å². The van der Waals surface area contributed by atoms with Crippen molar-refractivity contribution < 1.29 is 37.0 Å². The highest BCUT2D eigenvalue weighted by atomic mass is 32.2. The molecule has 2 aliphatic rings. The molecule has 1 aliphatic heterocycles. The highest BCUT2D eigenvalue weighted by Crippen LogP contribution is 2.58. The number of methoxy groups -OCH3 is 2. The molecule has 10 heteroatoms. The van der Waals surface area contributed by atoms with Gasteiger partial charge in [-0.1, -0.05) is 0 Å². The summed E-state index contributed by atoms with van der Waals surface area (Å²) in [6.07, 6.45) is -0.959. The van der Waals surface area contributed by atoms with Crippen LogP contribution in [0, 0.1) is 11.8 Å². The van der Waals surface area contributed by atoms with Crippen molar-refractivity contribution >= 4 is 27.9 Å². The molecular formula is C14H21NO8S. The van der Waals surface area contributed by atoms with E-state index in [-0.39, 0.29) is 0 Å². The predicted molar refractivity (Wildman–Crippen MR) is 80.7 cm³/mol. The fourth-order valence-electron chi connectivity index (χ4n) is 3.28. The van der Waals surface area contributed by atoms with E-state index >= 15 is 0 Å². The summed E-state index contributed by atoms with van der Waals surface area (Å²) in [6, 6.07) is 0. The summed E-state index contributed by atoms with van der Waals surface area (Å²) in [5.41, 5.74) is -2.71. The number of alkyl carbamates (subject to hydrolysis) is 1. The maximum absolute atomic E-state index is 12.3. The number of carbonyl (C=O) groups is 3. The zero-order chi connectivity index (χ0) is 18.5. The van der Waals surface area contributed by atoms with Gasteiger partial charge < -0.3 is 19.5 Å². The third-order valence-corrected chi connectivity index (χ3v) is 6.39. The first-order valence-electron chi connectivity index (χ1n) is 7.28. The maximum Gasteiger partial charge on any atom is 0.408 e. The molecule has 1 amide bonds. The van der Waals surface area contributed by atoms with Crippen LogP contribution in [0.15, 0.2) is 0 Å². The second-order valence-electron chi connectivity index (χ2n) is 6.94. The number of esters is 2. The van der Waals surface area contributed by atoms with Crippen LogP contribution in [0.4, 0.5) is 4.79 Å². The van der Waals surface area contributed by atoms with Crippen LogP contribution in [0.5, 0.6) is 0 Å². The maximum atomic E-state index is 12.3. The molecule has 1 heterocycles. The van der Waals surface area contributed by atoms with Crippen LogP contribution in [0.2, 0.25) is 0 Å². The molecule has 2 rings (SSSR count). The summed E-state index contributed by atoms with van der Waals surface area (Å²) in [4.78, 5) is 36.2. The summed E-state index contributed by atoms with van der Waals surface area (Å²) < 4.78 is 39.1. The van der Waals surface area contributed by atoms with Gasteiger partial charge in [0, 0.05) is 5.92 Å². The first-order valence-corrected chi connectivity index (χ1v) is 9.00. The number of hydrogen-bond donors (Lipinski definition) is 1. The van der Waals surface area contributed by atoms with E-state index in [4.69, 9.17) is 9.47 Å². The molecule has 136 valence electrons. The minimum absolute atomic E-state index is 0.644. The van der Waals surface area contributed by atoms with Gasteiger partial charge in [0.1, 0.15) is 5.60 Å². The van der Waals surface area contributed by atoms with E-state index in [1.54, 1.807) is 20.8 Å². The van der Waals surface area contributed by atoms with Crippen LogP contribution < -0.4 is 5.32 Å². The Balaban J connectivity index is 2.37. The molecule has 9 nitrogen and oxygen atoms in total. The van der Waals surface area contributed by atoms with Crippen LogP contribution in [-0.2, 0) is 33.6 Å². The summed E-state index contributed by atoms with van der Waals surface area (Å²) in [6.45, 7) is 4.87. The third-order valence-electron chi connectivity index (χ3n) is 4.11. The van der Waals surface area contributed by atoms with Crippen molar-refractivity contribution in [1.29, 1.82) is 0 Å². The van der Waals surface area contributed by atoms with Gasteiger partial charge in [0.2, 0.25) is 0 Å². The highest BCUT2D eigenvalue weighted by Gasteiger charge is 2.79. The average Bonchev–Trinajstić information content (AvgIpc) is 3.14. The number of amides is 1. The summed E-state index contributed by atoms with van der Waals surface area (Å²) in [5.74, 6) is -4.27. The smallest absolute Gasteiger partial charge is 0.408 e. The molecule has 0 spiro atoms. The lowest BCUT2D eigenvalue weighted by atomic mass is 9.94. The molecule has 1 aliphatic carbocycles. The molecule has 0 aromatic heterocycles. The SMILES string of the molecule is COC(=O)[C@@H]1[C@@H]2[C@H]1S(=O)(=O)C[C@@]2(NC(=O)OC(C)(C)C)C(=O)OC. The summed E-state index contributed by atoms with van der Waals surface area (Å²) in [7, 11) is -1.57. The molecule has 4 atom stereocenters. The van der Waals surface area contributed by atoms with Gasteiger partial charge in [-0.05, 0) is 20.8 Å². The lowest BCUT2D eigenvalue weighted by Gasteiger charge is -2.30. The molecule has 0 bridgehead atoms. The number of ether oxygens (including phenoxy) is 3. The number of rotatable bonds is 3. The van der Waals surface area contributed by atoms with Crippen molar-refractivity contribution in [3.63, 3.8) is 0 Å². The van der Waals surface area contributed by atoms with Gasteiger partial charge in [-0.15, -0.1) is 0 Å². The Morgan fingerprint density at radius 1 is 1.12 bits per heavy atom. The van der Waals surface area contributed by atoms with Crippen molar-refractivity contribution in [2.75, 3.05) is 20.0 Å². The topological polar surface area (TPSA) is 125 Å². The predicted octanol–water partition coefficient (Wildman–Crippen LogP) is -0.361. The molecule has 0 aromatic rings. The Labute approximate surface area is 139 Å². The van der Waals surface area contributed by atoms with E-state index in [1.165, 1.54) is 0 Å². The molecule has 1 saturated heterocycles. The van der Waals surface area contributed by atoms with Gasteiger partial charge in [0.05, 0.1) is 31.1 Å². The Morgan fingerprint density at radius 3 is 2.17 bits per heavy atom. The van der Waals surface area contributed by atoms with Crippen LogP contribution in [0.25, 0.3) is 0 Å². The Morgan fingerprint density at radius 2 is 1.71 bits per heavy atom. The van der Waals surface area contributed by atoms with Gasteiger partial charge in [-0.3, -0.25) is 4.79 Å². The van der Waals surface area contributed by atoms with Crippen molar-refractivity contribution in [3.8, 4) is 0 Å². The second kappa shape index (κ2) is 5.61. The van der Waals surface area contributed by atoms with E-state index in [0.717, 1.165) is 14.2 Å². The first kappa shape index (κ1) is 18.5. The minimum atomic E-state index is -3.78. The van der Waals surface area contributed by atoms with Crippen LogP contribution in [-0.4, -0.2) is 62.8 Å². The molecule has 0 radical (unpaired) electrons. The highest BCUT2D eigenvalue weighted by molar-refractivity contribution is 7.92. The van der Waals surface area contributed by atoms with Crippen molar-refractivity contribution in [1.82, 2.24) is 5.32 Å². The van der Waals surface area contributed by atoms with E-state index in [1.807, 2.05) is 0 Å². The van der Waals surface area contributed by atoms with Gasteiger partial charge >= 0.3 is 18.0 Å². The summed E-state index contributed by atoms with van der Waals surface area (Å²) in [5, 5.41) is 1.26. The van der Waals surface area contributed by atoms with E-state index in [9.17, 15) is 22.8 Å². The average molecular weight is 363 g/mol. The number of hydrogen-bond acceptors (Lipinski definition) is 8. The normalized spacial score (nSPS) is 33.1. The second-order valence-corrected chi connectivity index (χ2v) is 9.10. The molecule has 0 aromatic carbocycles. The fourth-order valence-corrected chi connectivity index (χ4v) is 5.97. The van der Waals surface area contributed by atoms with E-state index in [2.05, 4.69) is 10.1 Å². The van der Waals surface area contributed by atoms with Gasteiger partial charge in [-0.2, -0.15) is 0 Å². The Hall–Kier alpha value is -1.84. The number of carbonyl (C=O) groups excluding carboxylic acids is 3. The number of fused-ring (bicyclic) bond motifs is 1. The van der Waals surface area contributed by atoms with Gasteiger partial charge in [0.15, 0.2) is 15.4 Å². The van der Waals surface area contributed by atoms with Crippen LogP contribution in [0.1, 0.15) is 20.8 Å². The molecule has 2 fully saturated rings. The zero-order valence-electron chi connectivity index (χ0n) is 14.1. The van der Waals surface area contributed by atoms with Crippen LogP contribution in [0.3, 0.4) is 0 Å². The molecule has 1 saturated carbocycles. The first-order chi connectivity index (χ1) is 10.9. The standard InChI is InChI=1S/C14H21NO8S/c1-13(2,3)23-12(18)15-14(11(17)22-5)6-24(19,20)9-7(8(9)14)10(16)21-4/h7-9H,6H2,1-5H3,(H,15,18)/t7-,8-,9+,14+/m1/s1. The Bertz CT molecular complexity index is 679. The van der Waals surface area contributed by atoms with Crippen molar-refractivity contribution in [2.45, 2.75) is 37.2 Å². The number of sulfone groups is 1. The molecule has 24 heavy (non-hydrogen) atoms. The van der Waals surface area contributed by atoms with Gasteiger partial charge in [0.25, 0.3) is 0 Å². The summed E-state index contributed by atoms with van der Waals surface area (Å²) >= 11 is 0. The molecule has 1 N–H and O–H groups in total. The van der Waals surface area contributed by atoms with Crippen molar-refractivity contribution in [2.24, 2.45) is 11.8 Å². The lowest BCUT2D eigenvalue weighted by Crippen LogP contribution is -2.60. The number of nitrogens with one attached hydrogen (secondary N) is 1. The molecular weight excluding hydrogens is 342 g/mol. The molecule has 0 unspecified atom stereocenters. The Kier molecular flexibility index (Phi) is 4.32. The fraction of sp³-hybridized carbons (Fsp3) is 0.786. The third kappa shape index (κ3) is 2.94. The largest absolute Gasteiger partial charge is 0.469 e. The minimum Gasteiger partial charge on any atom is -0.469 e.